The molecule has 1 atom stereocenters. The zero-order chi connectivity index (χ0) is 12.4. The fraction of sp³-hybridized carbons (Fsp3) is 0.333. The number of rotatable bonds is 3. The lowest BCUT2D eigenvalue weighted by Gasteiger charge is -2.14. The summed E-state index contributed by atoms with van der Waals surface area (Å²) in [4.78, 5) is 4.04. The van der Waals surface area contributed by atoms with Gasteiger partial charge >= 0.3 is 0 Å². The third kappa shape index (κ3) is 2.38. The monoisotopic (exact) mass is 232 g/mol. The van der Waals surface area contributed by atoms with Crippen LogP contribution in [0.2, 0.25) is 0 Å². The van der Waals surface area contributed by atoms with E-state index >= 15 is 0 Å². The lowest BCUT2D eigenvalue weighted by molar-refractivity contribution is 0.392. The van der Waals surface area contributed by atoms with Crippen molar-refractivity contribution < 1.29 is 4.52 Å². The Bertz CT molecular complexity index is 501. The Hall–Kier alpha value is -2.04. The molecule has 0 amide bonds. The first kappa shape index (κ1) is 11.4. The summed E-state index contributed by atoms with van der Waals surface area (Å²) in [6.45, 7) is 5.89. The minimum Gasteiger partial charge on any atom is -0.397 e. The van der Waals surface area contributed by atoms with Gasteiger partial charge in [0.1, 0.15) is 5.76 Å². The van der Waals surface area contributed by atoms with Gasteiger partial charge in [-0.25, -0.2) is 0 Å². The lowest BCUT2D eigenvalue weighted by atomic mass is 10.1. The van der Waals surface area contributed by atoms with Gasteiger partial charge in [0.2, 0.25) is 0 Å². The first-order valence-electron chi connectivity index (χ1n) is 5.47. The van der Waals surface area contributed by atoms with Crippen molar-refractivity contribution in [1.82, 2.24) is 10.1 Å². The van der Waals surface area contributed by atoms with E-state index in [9.17, 15) is 0 Å². The average Bonchev–Trinajstić information content (AvgIpc) is 2.58. The summed E-state index contributed by atoms with van der Waals surface area (Å²) in [7, 11) is 0. The van der Waals surface area contributed by atoms with E-state index in [4.69, 9.17) is 10.3 Å². The van der Waals surface area contributed by atoms with Crippen LogP contribution in [0.5, 0.6) is 0 Å². The number of aromatic nitrogens is 2. The second-order valence-electron chi connectivity index (χ2n) is 4.11. The molecule has 0 fully saturated rings. The molecule has 0 saturated heterocycles. The number of nitrogens with zero attached hydrogens (tertiary/aromatic N) is 2. The molecule has 0 aromatic carbocycles. The molecule has 2 aromatic heterocycles. The number of nitrogens with two attached hydrogens (primary N) is 1. The second-order valence-corrected chi connectivity index (χ2v) is 4.11. The topological polar surface area (TPSA) is 77.0 Å². The van der Waals surface area contributed by atoms with E-state index in [2.05, 4.69) is 22.4 Å². The van der Waals surface area contributed by atoms with Crippen molar-refractivity contribution in [3.8, 4) is 0 Å². The molecule has 2 rings (SSSR count). The smallest absolute Gasteiger partial charge is 0.139 e. The van der Waals surface area contributed by atoms with Gasteiger partial charge in [0.15, 0.2) is 0 Å². The van der Waals surface area contributed by atoms with Gasteiger partial charge in [-0.15, -0.1) is 0 Å². The van der Waals surface area contributed by atoms with Crippen LogP contribution in [0.1, 0.15) is 30.0 Å². The minimum atomic E-state index is 0.102. The van der Waals surface area contributed by atoms with Crippen LogP contribution in [0.15, 0.2) is 23.0 Å². The van der Waals surface area contributed by atoms with Gasteiger partial charge in [0, 0.05) is 11.8 Å². The van der Waals surface area contributed by atoms with Crippen LogP contribution in [0.4, 0.5) is 11.4 Å². The molecule has 17 heavy (non-hydrogen) atoms. The predicted octanol–water partition coefficient (Wildman–Crippen LogP) is 2.44. The Balaban J connectivity index is 2.20. The normalized spacial score (nSPS) is 12.4. The van der Waals surface area contributed by atoms with E-state index in [0.717, 1.165) is 22.7 Å². The fourth-order valence-corrected chi connectivity index (χ4v) is 1.97. The Morgan fingerprint density at radius 3 is 2.71 bits per heavy atom. The first-order valence-corrected chi connectivity index (χ1v) is 5.47. The Labute approximate surface area is 100 Å². The Kier molecular flexibility index (Phi) is 2.99. The largest absolute Gasteiger partial charge is 0.397 e. The number of nitrogen functional groups attached to an aromatic ring is 1. The molecule has 2 heterocycles. The molecule has 0 radical (unpaired) electrons. The lowest BCUT2D eigenvalue weighted by Crippen LogP contribution is -2.08. The van der Waals surface area contributed by atoms with Crippen LogP contribution in [0.25, 0.3) is 0 Å². The third-order valence-electron chi connectivity index (χ3n) is 2.66. The van der Waals surface area contributed by atoms with Crippen LogP contribution in [-0.2, 0) is 0 Å². The van der Waals surface area contributed by atoms with Gasteiger partial charge in [0.05, 0.1) is 29.3 Å². The van der Waals surface area contributed by atoms with Gasteiger partial charge in [-0.2, -0.15) is 0 Å². The molecule has 0 aliphatic heterocycles. The van der Waals surface area contributed by atoms with Crippen molar-refractivity contribution in [3.63, 3.8) is 0 Å². The molecule has 1 unspecified atom stereocenters. The van der Waals surface area contributed by atoms with Crippen LogP contribution in [0.3, 0.4) is 0 Å². The molecular formula is C12H16N4O. The molecule has 2 aromatic rings. The van der Waals surface area contributed by atoms with E-state index in [0.29, 0.717) is 5.69 Å². The van der Waals surface area contributed by atoms with Crippen LogP contribution >= 0.6 is 0 Å². The highest BCUT2D eigenvalue weighted by Gasteiger charge is 2.16. The molecule has 0 aliphatic carbocycles. The summed E-state index contributed by atoms with van der Waals surface area (Å²) in [6.07, 6.45) is 3.36. The zero-order valence-electron chi connectivity index (χ0n) is 10.2. The molecule has 90 valence electrons. The summed E-state index contributed by atoms with van der Waals surface area (Å²) >= 11 is 0. The van der Waals surface area contributed by atoms with Crippen molar-refractivity contribution in [2.45, 2.75) is 26.8 Å². The minimum absolute atomic E-state index is 0.102. The van der Waals surface area contributed by atoms with Crippen molar-refractivity contribution in [3.05, 3.63) is 35.5 Å². The number of pyridine rings is 1. The van der Waals surface area contributed by atoms with Gasteiger partial charge in [-0.05, 0) is 26.8 Å². The van der Waals surface area contributed by atoms with Crippen molar-refractivity contribution in [2.24, 2.45) is 0 Å². The third-order valence-corrected chi connectivity index (χ3v) is 2.66. The van der Waals surface area contributed by atoms with Crippen molar-refractivity contribution in [1.29, 1.82) is 0 Å². The van der Waals surface area contributed by atoms with Crippen LogP contribution in [0, 0.1) is 13.8 Å². The standard InChI is InChI=1S/C12H16N4O/c1-7(12-8(2)16-17-9(12)3)15-11-4-10(13)5-14-6-11/h4-7,15H,13H2,1-3H3. The summed E-state index contributed by atoms with van der Waals surface area (Å²) in [5, 5.41) is 7.27. The zero-order valence-corrected chi connectivity index (χ0v) is 10.2. The van der Waals surface area contributed by atoms with Crippen molar-refractivity contribution in [2.75, 3.05) is 11.1 Å². The van der Waals surface area contributed by atoms with Crippen LogP contribution in [-0.4, -0.2) is 10.1 Å². The maximum Gasteiger partial charge on any atom is 0.139 e. The number of nitrogens with one attached hydrogen (secondary N) is 1. The SMILES string of the molecule is Cc1noc(C)c1C(C)Nc1cncc(N)c1. The van der Waals surface area contributed by atoms with E-state index in [1.807, 2.05) is 19.9 Å². The molecule has 0 spiro atoms. The number of hydrogen-bond acceptors (Lipinski definition) is 5. The van der Waals surface area contributed by atoms with Gasteiger partial charge in [0.25, 0.3) is 0 Å². The highest BCUT2D eigenvalue weighted by atomic mass is 16.5. The molecule has 0 saturated carbocycles. The van der Waals surface area contributed by atoms with Crippen LogP contribution < -0.4 is 11.1 Å². The van der Waals surface area contributed by atoms with Gasteiger partial charge in [-0.3, -0.25) is 4.98 Å². The predicted molar refractivity (Wildman–Crippen MR) is 66.7 cm³/mol. The van der Waals surface area contributed by atoms with E-state index < -0.39 is 0 Å². The highest BCUT2D eigenvalue weighted by Crippen LogP contribution is 2.25. The molecule has 5 heteroatoms. The van der Waals surface area contributed by atoms with E-state index in [1.165, 1.54) is 0 Å². The maximum atomic E-state index is 5.68. The molecule has 0 aliphatic rings. The summed E-state index contributed by atoms with van der Waals surface area (Å²) in [5.41, 5.74) is 9.18. The van der Waals surface area contributed by atoms with E-state index in [1.54, 1.807) is 12.4 Å². The highest BCUT2D eigenvalue weighted by molar-refractivity contribution is 5.52. The second kappa shape index (κ2) is 4.45. The maximum absolute atomic E-state index is 5.68. The molecular weight excluding hydrogens is 216 g/mol. The van der Waals surface area contributed by atoms with E-state index in [-0.39, 0.29) is 6.04 Å². The fourth-order valence-electron chi connectivity index (χ4n) is 1.97. The molecule has 3 N–H and O–H groups in total. The number of aryl methyl sites for hydroxylation is 2. The quantitative estimate of drug-likeness (QED) is 0.849. The summed E-state index contributed by atoms with van der Waals surface area (Å²) < 4.78 is 5.15. The van der Waals surface area contributed by atoms with Crippen molar-refractivity contribution >= 4 is 11.4 Å². The molecule has 5 nitrogen and oxygen atoms in total. The van der Waals surface area contributed by atoms with Gasteiger partial charge < -0.3 is 15.6 Å². The van der Waals surface area contributed by atoms with Gasteiger partial charge in [-0.1, -0.05) is 5.16 Å². The molecule has 0 bridgehead atoms. The Morgan fingerprint density at radius 1 is 1.35 bits per heavy atom. The average molecular weight is 232 g/mol. The first-order chi connectivity index (χ1) is 8.08. The summed E-state index contributed by atoms with van der Waals surface area (Å²) in [5.74, 6) is 0.833. The number of hydrogen-bond donors (Lipinski definition) is 2. The summed E-state index contributed by atoms with van der Waals surface area (Å²) in [6, 6.07) is 1.95. The number of anilines is 2. The Morgan fingerprint density at radius 2 is 2.12 bits per heavy atom.